The zero-order chi connectivity index (χ0) is 14.7. The average molecular weight is 295 g/mol. The Kier molecular flexibility index (Phi) is 4.35. The van der Waals surface area contributed by atoms with Crippen molar-refractivity contribution in [1.29, 1.82) is 0 Å². The summed E-state index contributed by atoms with van der Waals surface area (Å²) >= 11 is 6.16. The predicted molar refractivity (Wildman–Crippen MR) is 80.9 cm³/mol. The van der Waals surface area contributed by atoms with Gasteiger partial charge in [0.25, 0.3) is 0 Å². The van der Waals surface area contributed by atoms with Gasteiger partial charge in [0.1, 0.15) is 11.6 Å². The summed E-state index contributed by atoms with van der Waals surface area (Å²) in [7, 11) is 1.59. The molecule has 0 aromatic heterocycles. The second kappa shape index (κ2) is 6.01. The highest BCUT2D eigenvalue weighted by atomic mass is 35.5. The van der Waals surface area contributed by atoms with Crippen LogP contribution < -0.4 is 15.8 Å². The number of hydrogen-bond acceptors (Lipinski definition) is 3. The number of rotatable bonds is 4. The van der Waals surface area contributed by atoms with Crippen molar-refractivity contribution in [2.24, 2.45) is 0 Å². The van der Waals surface area contributed by atoms with Crippen LogP contribution in [0.25, 0.3) is 0 Å². The van der Waals surface area contributed by atoms with Crippen molar-refractivity contribution in [3.8, 4) is 5.75 Å². The number of nitrogens with two attached hydrogens (primary N) is 1. The van der Waals surface area contributed by atoms with Crippen molar-refractivity contribution in [1.82, 2.24) is 0 Å². The topological polar surface area (TPSA) is 47.3 Å². The number of benzene rings is 2. The largest absolute Gasteiger partial charge is 0.496 e. The molecule has 0 aliphatic heterocycles. The van der Waals surface area contributed by atoms with E-state index in [1.165, 1.54) is 6.07 Å². The SMILES string of the molecule is COc1cccc(Cl)c1CNc1cc(C)c(F)cc1N. The molecule has 0 atom stereocenters. The molecular formula is C15H16ClFN2O. The minimum absolute atomic E-state index is 0.316. The molecule has 0 spiro atoms. The molecule has 0 amide bonds. The van der Waals surface area contributed by atoms with Crippen LogP contribution in [0.5, 0.6) is 5.75 Å². The van der Waals surface area contributed by atoms with Gasteiger partial charge in [-0.15, -0.1) is 0 Å². The van der Waals surface area contributed by atoms with E-state index in [2.05, 4.69) is 5.32 Å². The maximum atomic E-state index is 13.4. The number of methoxy groups -OCH3 is 1. The van der Waals surface area contributed by atoms with E-state index in [0.717, 1.165) is 5.56 Å². The third-order valence-corrected chi connectivity index (χ3v) is 3.44. The van der Waals surface area contributed by atoms with Crippen LogP contribution in [-0.4, -0.2) is 7.11 Å². The van der Waals surface area contributed by atoms with Gasteiger partial charge in [-0.25, -0.2) is 4.39 Å². The molecule has 0 saturated carbocycles. The Hall–Kier alpha value is -1.94. The minimum Gasteiger partial charge on any atom is -0.496 e. The Morgan fingerprint density at radius 1 is 1.35 bits per heavy atom. The molecule has 0 heterocycles. The highest BCUT2D eigenvalue weighted by Crippen LogP contribution is 2.29. The molecule has 2 aromatic carbocycles. The molecule has 0 aliphatic carbocycles. The summed E-state index contributed by atoms with van der Waals surface area (Å²) in [5.74, 6) is 0.380. The van der Waals surface area contributed by atoms with Crippen LogP contribution >= 0.6 is 11.6 Å². The van der Waals surface area contributed by atoms with Gasteiger partial charge in [0.2, 0.25) is 0 Å². The molecule has 2 aromatic rings. The van der Waals surface area contributed by atoms with Gasteiger partial charge in [-0.1, -0.05) is 17.7 Å². The Morgan fingerprint density at radius 3 is 2.80 bits per heavy atom. The summed E-state index contributed by atoms with van der Waals surface area (Å²) in [6, 6.07) is 8.43. The number of ether oxygens (including phenoxy) is 1. The molecule has 2 rings (SSSR count). The highest BCUT2D eigenvalue weighted by Gasteiger charge is 2.09. The average Bonchev–Trinajstić information content (AvgIpc) is 2.42. The van der Waals surface area contributed by atoms with Gasteiger partial charge in [0.15, 0.2) is 0 Å². The van der Waals surface area contributed by atoms with Crippen molar-refractivity contribution >= 4 is 23.0 Å². The van der Waals surface area contributed by atoms with E-state index < -0.39 is 0 Å². The smallest absolute Gasteiger partial charge is 0.128 e. The standard InChI is InChI=1S/C15H16ClFN2O/c1-9-6-14(13(18)7-12(9)17)19-8-10-11(16)4-3-5-15(10)20-2/h3-7,19H,8,18H2,1-2H3. The molecule has 0 radical (unpaired) electrons. The lowest BCUT2D eigenvalue weighted by atomic mass is 10.1. The fraction of sp³-hybridized carbons (Fsp3) is 0.200. The van der Waals surface area contributed by atoms with Crippen LogP contribution in [0.1, 0.15) is 11.1 Å². The molecule has 3 nitrogen and oxygen atoms in total. The van der Waals surface area contributed by atoms with Gasteiger partial charge in [-0.2, -0.15) is 0 Å². The molecule has 3 N–H and O–H groups in total. The first-order chi connectivity index (χ1) is 9.52. The van der Waals surface area contributed by atoms with Crippen LogP contribution in [0.3, 0.4) is 0 Å². The van der Waals surface area contributed by atoms with E-state index in [0.29, 0.717) is 34.3 Å². The third-order valence-electron chi connectivity index (χ3n) is 3.08. The van der Waals surface area contributed by atoms with E-state index in [9.17, 15) is 4.39 Å². The highest BCUT2D eigenvalue weighted by molar-refractivity contribution is 6.31. The summed E-state index contributed by atoms with van der Waals surface area (Å²) in [4.78, 5) is 0. The van der Waals surface area contributed by atoms with Gasteiger partial charge in [-0.3, -0.25) is 0 Å². The summed E-state index contributed by atoms with van der Waals surface area (Å²) in [6.45, 7) is 2.13. The van der Waals surface area contributed by atoms with E-state index >= 15 is 0 Å². The monoisotopic (exact) mass is 294 g/mol. The maximum absolute atomic E-state index is 13.4. The Bertz CT molecular complexity index is 632. The first-order valence-corrected chi connectivity index (χ1v) is 6.51. The lowest BCUT2D eigenvalue weighted by Gasteiger charge is -2.14. The van der Waals surface area contributed by atoms with Gasteiger partial charge in [0.05, 0.1) is 18.5 Å². The fourth-order valence-corrected chi connectivity index (χ4v) is 2.17. The molecule has 0 aliphatic rings. The van der Waals surface area contributed by atoms with Crippen LogP contribution in [-0.2, 0) is 6.54 Å². The lowest BCUT2D eigenvalue weighted by molar-refractivity contribution is 0.410. The van der Waals surface area contributed by atoms with Crippen molar-refractivity contribution in [3.05, 3.63) is 52.3 Å². The lowest BCUT2D eigenvalue weighted by Crippen LogP contribution is -2.05. The normalized spacial score (nSPS) is 10.4. The summed E-state index contributed by atoms with van der Waals surface area (Å²) in [5, 5.41) is 3.76. The van der Waals surface area contributed by atoms with Gasteiger partial charge < -0.3 is 15.8 Å². The van der Waals surface area contributed by atoms with E-state index in [1.54, 1.807) is 26.2 Å². The summed E-state index contributed by atoms with van der Waals surface area (Å²) in [5.41, 5.74) is 8.20. The number of nitrogen functional groups attached to an aromatic ring is 1. The molecule has 0 saturated heterocycles. The van der Waals surface area contributed by atoms with E-state index in [4.69, 9.17) is 22.1 Å². The summed E-state index contributed by atoms with van der Waals surface area (Å²) < 4.78 is 18.6. The number of halogens is 2. The zero-order valence-electron chi connectivity index (χ0n) is 11.3. The predicted octanol–water partition coefficient (Wildman–Crippen LogP) is 3.99. The minimum atomic E-state index is -0.316. The van der Waals surface area contributed by atoms with Gasteiger partial charge in [-0.05, 0) is 36.8 Å². The molecule has 106 valence electrons. The third kappa shape index (κ3) is 2.96. The van der Waals surface area contributed by atoms with Crippen LogP contribution in [0, 0.1) is 12.7 Å². The number of hydrogen-bond donors (Lipinski definition) is 2. The molecule has 5 heteroatoms. The molecular weight excluding hydrogens is 279 g/mol. The van der Waals surface area contributed by atoms with Crippen LogP contribution in [0.15, 0.2) is 30.3 Å². The molecule has 20 heavy (non-hydrogen) atoms. The Labute approximate surface area is 122 Å². The van der Waals surface area contributed by atoms with Gasteiger partial charge >= 0.3 is 0 Å². The number of aryl methyl sites for hydroxylation is 1. The molecule has 0 bridgehead atoms. The zero-order valence-corrected chi connectivity index (χ0v) is 12.1. The number of anilines is 2. The first kappa shape index (κ1) is 14.5. The van der Waals surface area contributed by atoms with Crippen molar-refractivity contribution in [3.63, 3.8) is 0 Å². The fourth-order valence-electron chi connectivity index (χ4n) is 1.94. The van der Waals surface area contributed by atoms with Crippen molar-refractivity contribution in [2.75, 3.05) is 18.2 Å². The maximum Gasteiger partial charge on any atom is 0.128 e. The van der Waals surface area contributed by atoms with Crippen LogP contribution in [0.4, 0.5) is 15.8 Å². The Balaban J connectivity index is 2.23. The summed E-state index contributed by atoms with van der Waals surface area (Å²) in [6.07, 6.45) is 0. The molecule has 0 unspecified atom stereocenters. The van der Waals surface area contributed by atoms with Crippen LogP contribution in [0.2, 0.25) is 5.02 Å². The van der Waals surface area contributed by atoms with Gasteiger partial charge in [0, 0.05) is 17.1 Å². The first-order valence-electron chi connectivity index (χ1n) is 6.13. The quantitative estimate of drug-likeness (QED) is 0.838. The second-order valence-electron chi connectivity index (χ2n) is 4.46. The second-order valence-corrected chi connectivity index (χ2v) is 4.87. The van der Waals surface area contributed by atoms with Crippen molar-refractivity contribution < 1.29 is 9.13 Å². The molecule has 0 fully saturated rings. The number of nitrogens with one attached hydrogen (secondary N) is 1. The Morgan fingerprint density at radius 2 is 2.10 bits per heavy atom. The van der Waals surface area contributed by atoms with E-state index in [1.807, 2.05) is 12.1 Å². The van der Waals surface area contributed by atoms with E-state index in [-0.39, 0.29) is 5.82 Å². The van der Waals surface area contributed by atoms with Crippen molar-refractivity contribution in [2.45, 2.75) is 13.5 Å².